The molecule has 0 saturated heterocycles. The van der Waals surface area contributed by atoms with Crippen molar-refractivity contribution in [3.63, 3.8) is 0 Å². The summed E-state index contributed by atoms with van der Waals surface area (Å²) in [5, 5.41) is 13.6. The van der Waals surface area contributed by atoms with Crippen LogP contribution in [0.4, 0.5) is 0 Å². The lowest BCUT2D eigenvalue weighted by Crippen LogP contribution is -2.03. The van der Waals surface area contributed by atoms with Crippen molar-refractivity contribution in [1.29, 1.82) is 0 Å². The molecule has 3 aromatic rings. The van der Waals surface area contributed by atoms with E-state index in [9.17, 15) is 9.90 Å². The minimum Gasteiger partial charge on any atom is -0.476 e. The van der Waals surface area contributed by atoms with E-state index in [2.05, 4.69) is 11.2 Å². The van der Waals surface area contributed by atoms with Gasteiger partial charge in [0.05, 0.1) is 11.4 Å². The normalized spacial score (nSPS) is 10.7. The second-order valence-electron chi connectivity index (χ2n) is 5.79. The number of hydrogen-bond donors (Lipinski definition) is 1. The molecule has 2 aromatic carbocycles. The highest BCUT2D eigenvalue weighted by Gasteiger charge is 2.17. The first kappa shape index (κ1) is 15.0. The highest BCUT2D eigenvalue weighted by Crippen LogP contribution is 2.28. The molecule has 1 N–H and O–H groups in total. The smallest absolute Gasteiger partial charge is 0.356 e. The van der Waals surface area contributed by atoms with E-state index < -0.39 is 5.97 Å². The van der Waals surface area contributed by atoms with Crippen molar-refractivity contribution >= 4 is 5.97 Å². The number of aromatic nitrogens is 2. The van der Waals surface area contributed by atoms with E-state index in [4.69, 9.17) is 0 Å². The standard InChI is InChI=1S/C19H18N2O2/c1-12-5-4-6-15(9-12)21-18(11-17(20-21)19(22)23)16-10-13(2)7-8-14(16)3/h4-11H,1-3H3,(H,22,23). The van der Waals surface area contributed by atoms with E-state index in [-0.39, 0.29) is 5.69 Å². The van der Waals surface area contributed by atoms with Crippen LogP contribution in [0.25, 0.3) is 16.9 Å². The fourth-order valence-corrected chi connectivity index (χ4v) is 2.65. The summed E-state index contributed by atoms with van der Waals surface area (Å²) >= 11 is 0. The maximum atomic E-state index is 11.4. The van der Waals surface area contributed by atoms with Gasteiger partial charge in [0, 0.05) is 5.56 Å². The molecule has 0 spiro atoms. The van der Waals surface area contributed by atoms with E-state index in [0.717, 1.165) is 33.6 Å². The van der Waals surface area contributed by atoms with E-state index in [1.165, 1.54) is 0 Å². The topological polar surface area (TPSA) is 55.1 Å². The number of nitrogens with zero attached hydrogens (tertiary/aromatic N) is 2. The summed E-state index contributed by atoms with van der Waals surface area (Å²) in [6.07, 6.45) is 0. The highest BCUT2D eigenvalue weighted by atomic mass is 16.4. The predicted molar refractivity (Wildman–Crippen MR) is 90.2 cm³/mol. The zero-order valence-electron chi connectivity index (χ0n) is 13.4. The molecule has 1 aromatic heterocycles. The van der Waals surface area contributed by atoms with Crippen molar-refractivity contribution in [1.82, 2.24) is 9.78 Å². The number of benzene rings is 2. The summed E-state index contributed by atoms with van der Waals surface area (Å²) < 4.78 is 1.71. The monoisotopic (exact) mass is 306 g/mol. The lowest BCUT2D eigenvalue weighted by molar-refractivity contribution is 0.0690. The second kappa shape index (κ2) is 5.72. The Morgan fingerprint density at radius 3 is 2.43 bits per heavy atom. The Morgan fingerprint density at radius 2 is 1.74 bits per heavy atom. The number of hydrogen-bond acceptors (Lipinski definition) is 2. The Labute approximate surface area is 135 Å². The van der Waals surface area contributed by atoms with Crippen molar-refractivity contribution < 1.29 is 9.90 Å². The molecular formula is C19H18N2O2. The fraction of sp³-hybridized carbons (Fsp3) is 0.158. The van der Waals surface area contributed by atoms with Gasteiger partial charge in [0.2, 0.25) is 0 Å². The first-order chi connectivity index (χ1) is 11.0. The molecule has 0 aliphatic carbocycles. The molecule has 4 heteroatoms. The number of aromatic carboxylic acids is 1. The largest absolute Gasteiger partial charge is 0.476 e. The Morgan fingerprint density at radius 1 is 1.00 bits per heavy atom. The minimum absolute atomic E-state index is 0.0439. The zero-order chi connectivity index (χ0) is 16.6. The van der Waals surface area contributed by atoms with Gasteiger partial charge in [-0.1, -0.05) is 29.8 Å². The van der Waals surface area contributed by atoms with Gasteiger partial charge in [-0.3, -0.25) is 0 Å². The van der Waals surface area contributed by atoms with Gasteiger partial charge in [-0.05, 0) is 56.2 Å². The van der Waals surface area contributed by atoms with E-state index in [1.54, 1.807) is 10.7 Å². The maximum absolute atomic E-state index is 11.4. The van der Waals surface area contributed by atoms with Crippen LogP contribution >= 0.6 is 0 Å². The van der Waals surface area contributed by atoms with Crippen LogP contribution in [-0.4, -0.2) is 20.9 Å². The third-order valence-electron chi connectivity index (χ3n) is 3.84. The van der Waals surface area contributed by atoms with Crippen LogP contribution in [0.5, 0.6) is 0 Å². The van der Waals surface area contributed by atoms with Crippen LogP contribution in [0, 0.1) is 20.8 Å². The van der Waals surface area contributed by atoms with Crippen LogP contribution in [0.3, 0.4) is 0 Å². The van der Waals surface area contributed by atoms with Gasteiger partial charge in [0.25, 0.3) is 0 Å². The molecule has 116 valence electrons. The van der Waals surface area contributed by atoms with Crippen LogP contribution < -0.4 is 0 Å². The predicted octanol–water partition coefficient (Wildman–Crippen LogP) is 4.16. The summed E-state index contributed by atoms with van der Waals surface area (Å²) in [5.41, 5.74) is 5.99. The lowest BCUT2D eigenvalue weighted by Gasteiger charge is -2.11. The van der Waals surface area contributed by atoms with Gasteiger partial charge in [-0.15, -0.1) is 0 Å². The Balaban J connectivity index is 2.27. The first-order valence-corrected chi connectivity index (χ1v) is 7.44. The van der Waals surface area contributed by atoms with E-state index in [0.29, 0.717) is 0 Å². The van der Waals surface area contributed by atoms with Crippen LogP contribution in [0.2, 0.25) is 0 Å². The Bertz CT molecular complexity index is 894. The van der Waals surface area contributed by atoms with E-state index >= 15 is 0 Å². The average Bonchev–Trinajstić information content (AvgIpc) is 2.95. The summed E-state index contributed by atoms with van der Waals surface area (Å²) in [7, 11) is 0. The van der Waals surface area contributed by atoms with Gasteiger partial charge in [-0.25, -0.2) is 9.48 Å². The van der Waals surface area contributed by atoms with Crippen LogP contribution in [-0.2, 0) is 0 Å². The van der Waals surface area contributed by atoms with Gasteiger partial charge >= 0.3 is 5.97 Å². The lowest BCUT2D eigenvalue weighted by atomic mass is 10.0. The molecule has 3 rings (SSSR count). The average molecular weight is 306 g/mol. The van der Waals surface area contributed by atoms with Crippen molar-refractivity contribution in [2.24, 2.45) is 0 Å². The number of carboxylic acid groups (broad SMARTS) is 1. The third-order valence-corrected chi connectivity index (χ3v) is 3.84. The zero-order valence-corrected chi connectivity index (χ0v) is 13.4. The fourth-order valence-electron chi connectivity index (χ4n) is 2.65. The molecule has 23 heavy (non-hydrogen) atoms. The Kier molecular flexibility index (Phi) is 3.74. The van der Waals surface area contributed by atoms with Crippen molar-refractivity contribution in [2.45, 2.75) is 20.8 Å². The molecule has 0 amide bonds. The minimum atomic E-state index is -1.03. The molecule has 0 atom stereocenters. The maximum Gasteiger partial charge on any atom is 0.356 e. The molecule has 1 heterocycles. The molecule has 0 unspecified atom stereocenters. The SMILES string of the molecule is Cc1cccc(-n2nc(C(=O)O)cc2-c2cc(C)ccc2C)c1. The molecule has 0 fully saturated rings. The molecule has 0 radical (unpaired) electrons. The second-order valence-corrected chi connectivity index (χ2v) is 5.79. The number of carbonyl (C=O) groups is 1. The van der Waals surface area contributed by atoms with Crippen molar-refractivity contribution in [3.05, 3.63) is 70.9 Å². The molecule has 0 bridgehead atoms. The summed E-state index contributed by atoms with van der Waals surface area (Å²) in [4.78, 5) is 11.4. The molecular weight excluding hydrogens is 288 g/mol. The quantitative estimate of drug-likeness (QED) is 0.790. The number of carboxylic acids is 1. The van der Waals surface area contributed by atoms with Crippen LogP contribution in [0.15, 0.2) is 48.5 Å². The van der Waals surface area contributed by atoms with Gasteiger partial charge in [-0.2, -0.15) is 5.10 Å². The summed E-state index contributed by atoms with van der Waals surface area (Å²) in [6.45, 7) is 6.04. The summed E-state index contributed by atoms with van der Waals surface area (Å²) in [5.74, 6) is -1.03. The van der Waals surface area contributed by atoms with Crippen molar-refractivity contribution in [2.75, 3.05) is 0 Å². The van der Waals surface area contributed by atoms with Crippen LogP contribution in [0.1, 0.15) is 27.2 Å². The number of rotatable bonds is 3. The molecule has 0 aliphatic rings. The molecule has 0 aliphatic heterocycles. The van der Waals surface area contributed by atoms with Crippen molar-refractivity contribution in [3.8, 4) is 16.9 Å². The van der Waals surface area contributed by atoms with E-state index in [1.807, 2.05) is 57.2 Å². The highest BCUT2D eigenvalue weighted by molar-refractivity contribution is 5.87. The third kappa shape index (κ3) is 2.88. The summed E-state index contributed by atoms with van der Waals surface area (Å²) in [6, 6.07) is 15.6. The number of aryl methyl sites for hydroxylation is 3. The first-order valence-electron chi connectivity index (χ1n) is 7.44. The molecule has 4 nitrogen and oxygen atoms in total. The molecule has 0 saturated carbocycles. The van der Waals surface area contributed by atoms with Gasteiger partial charge < -0.3 is 5.11 Å². The van der Waals surface area contributed by atoms with Gasteiger partial charge in [0.15, 0.2) is 5.69 Å². The van der Waals surface area contributed by atoms with Gasteiger partial charge in [0.1, 0.15) is 0 Å². The Hall–Kier alpha value is -2.88.